The Morgan fingerprint density at radius 2 is 2.19 bits per heavy atom. The maximum Gasteiger partial charge on any atom is 0.335 e. The molecule has 0 bridgehead atoms. The van der Waals surface area contributed by atoms with E-state index in [0.717, 1.165) is 0 Å². The highest BCUT2D eigenvalue weighted by Crippen LogP contribution is 2.23. The number of sulfonamides is 1. The number of aromatic nitrogens is 2. The highest BCUT2D eigenvalue weighted by molar-refractivity contribution is 7.92. The molecule has 0 saturated heterocycles. The lowest BCUT2D eigenvalue weighted by molar-refractivity contribution is 0.0697. The van der Waals surface area contributed by atoms with Gasteiger partial charge in [-0.25, -0.2) is 9.78 Å². The lowest BCUT2D eigenvalue weighted by atomic mass is 10.2. The zero-order chi connectivity index (χ0) is 15.6. The summed E-state index contributed by atoms with van der Waals surface area (Å²) >= 11 is 0. The van der Waals surface area contributed by atoms with Gasteiger partial charge in [0.15, 0.2) is 5.03 Å². The number of imidazole rings is 1. The van der Waals surface area contributed by atoms with Crippen LogP contribution in [0.2, 0.25) is 0 Å². The average Bonchev–Trinajstić information content (AvgIpc) is 2.90. The molecule has 1 heterocycles. The number of aryl methyl sites for hydroxylation is 1. The molecule has 112 valence electrons. The van der Waals surface area contributed by atoms with Crippen molar-refractivity contribution in [2.24, 2.45) is 0 Å². The number of carbonyl (C=O) groups is 1. The molecule has 0 fully saturated rings. The van der Waals surface area contributed by atoms with Crippen molar-refractivity contribution in [2.75, 3.05) is 10.5 Å². The Labute approximate surface area is 121 Å². The Kier molecular flexibility index (Phi) is 3.85. The molecule has 0 spiro atoms. The van der Waals surface area contributed by atoms with Crippen LogP contribution in [-0.4, -0.2) is 29.0 Å². The molecule has 2 aromatic rings. The second kappa shape index (κ2) is 5.44. The summed E-state index contributed by atoms with van der Waals surface area (Å²) in [6, 6.07) is 3.75. The summed E-state index contributed by atoms with van der Waals surface area (Å²) < 4.78 is 28.2. The first-order chi connectivity index (χ1) is 9.83. The molecule has 0 unspecified atom stereocenters. The van der Waals surface area contributed by atoms with Crippen LogP contribution in [0.4, 0.5) is 11.4 Å². The average molecular weight is 310 g/mol. The van der Waals surface area contributed by atoms with E-state index in [9.17, 15) is 13.2 Å². The molecule has 9 heteroatoms. The van der Waals surface area contributed by atoms with E-state index in [4.69, 9.17) is 10.8 Å². The van der Waals surface area contributed by atoms with E-state index in [0.29, 0.717) is 6.54 Å². The molecule has 8 nitrogen and oxygen atoms in total. The van der Waals surface area contributed by atoms with Gasteiger partial charge in [-0.2, -0.15) is 8.42 Å². The quantitative estimate of drug-likeness (QED) is 0.706. The predicted molar refractivity (Wildman–Crippen MR) is 76.5 cm³/mol. The minimum Gasteiger partial charge on any atom is -0.478 e. The lowest BCUT2D eigenvalue weighted by Gasteiger charge is -2.09. The van der Waals surface area contributed by atoms with Gasteiger partial charge in [0, 0.05) is 12.7 Å². The van der Waals surface area contributed by atoms with Crippen molar-refractivity contribution in [3.8, 4) is 0 Å². The molecule has 1 aromatic carbocycles. The molecule has 0 saturated carbocycles. The van der Waals surface area contributed by atoms with Gasteiger partial charge in [0.05, 0.1) is 23.3 Å². The Bertz CT molecular complexity index is 782. The van der Waals surface area contributed by atoms with Crippen LogP contribution in [0.1, 0.15) is 17.3 Å². The van der Waals surface area contributed by atoms with Crippen molar-refractivity contribution < 1.29 is 18.3 Å². The zero-order valence-corrected chi connectivity index (χ0v) is 12.0. The van der Waals surface area contributed by atoms with E-state index in [-0.39, 0.29) is 22.0 Å². The Morgan fingerprint density at radius 1 is 1.48 bits per heavy atom. The second-order valence-corrected chi connectivity index (χ2v) is 5.88. The van der Waals surface area contributed by atoms with Gasteiger partial charge >= 0.3 is 5.97 Å². The third-order valence-corrected chi connectivity index (χ3v) is 4.04. The van der Waals surface area contributed by atoms with E-state index in [2.05, 4.69) is 9.71 Å². The molecule has 2 rings (SSSR count). The zero-order valence-electron chi connectivity index (χ0n) is 11.1. The molecule has 0 aliphatic heterocycles. The van der Waals surface area contributed by atoms with Gasteiger partial charge in [0.1, 0.15) is 0 Å². The van der Waals surface area contributed by atoms with Crippen LogP contribution in [0.15, 0.2) is 35.7 Å². The smallest absolute Gasteiger partial charge is 0.335 e. The maximum atomic E-state index is 12.1. The van der Waals surface area contributed by atoms with Crippen LogP contribution in [0, 0.1) is 0 Å². The number of benzene rings is 1. The Balaban J connectivity index is 2.30. The number of nitrogen functional groups attached to an aromatic ring is 1. The van der Waals surface area contributed by atoms with Gasteiger partial charge in [0.2, 0.25) is 0 Å². The van der Waals surface area contributed by atoms with E-state index < -0.39 is 16.0 Å². The topological polar surface area (TPSA) is 127 Å². The highest BCUT2D eigenvalue weighted by Gasteiger charge is 2.19. The molecule has 21 heavy (non-hydrogen) atoms. The maximum absolute atomic E-state index is 12.1. The molecular weight excluding hydrogens is 296 g/mol. The summed E-state index contributed by atoms with van der Waals surface area (Å²) in [5, 5.41) is 8.70. The molecule has 0 atom stereocenters. The number of anilines is 2. The fourth-order valence-corrected chi connectivity index (χ4v) is 2.68. The van der Waals surface area contributed by atoms with E-state index in [1.54, 1.807) is 4.57 Å². The molecule has 4 N–H and O–H groups in total. The minimum atomic E-state index is -3.87. The van der Waals surface area contributed by atoms with Gasteiger partial charge in [-0.05, 0) is 25.1 Å². The number of hydrogen-bond acceptors (Lipinski definition) is 5. The minimum absolute atomic E-state index is 0.0217. The largest absolute Gasteiger partial charge is 0.478 e. The van der Waals surface area contributed by atoms with E-state index in [1.807, 2.05) is 6.92 Å². The number of nitrogens with one attached hydrogen (secondary N) is 1. The van der Waals surface area contributed by atoms with Crippen LogP contribution < -0.4 is 10.5 Å². The third-order valence-electron chi connectivity index (χ3n) is 2.79. The lowest BCUT2D eigenvalue weighted by Crippen LogP contribution is -2.15. The number of carboxylic acid groups (broad SMARTS) is 1. The first-order valence-corrected chi connectivity index (χ1v) is 7.49. The van der Waals surface area contributed by atoms with Crippen molar-refractivity contribution in [3.63, 3.8) is 0 Å². The second-order valence-electron chi connectivity index (χ2n) is 4.26. The monoisotopic (exact) mass is 310 g/mol. The third kappa shape index (κ3) is 3.14. The number of hydrogen-bond donors (Lipinski definition) is 3. The molecular formula is C12H14N4O4S. The molecule has 0 aliphatic carbocycles. The van der Waals surface area contributed by atoms with Gasteiger partial charge < -0.3 is 15.4 Å². The summed E-state index contributed by atoms with van der Waals surface area (Å²) in [4.78, 5) is 14.6. The fraction of sp³-hybridized carbons (Fsp3) is 0.167. The van der Waals surface area contributed by atoms with Gasteiger partial charge in [-0.3, -0.25) is 4.72 Å². The summed E-state index contributed by atoms with van der Waals surface area (Å²) in [6.45, 7) is 2.45. The van der Waals surface area contributed by atoms with E-state index in [1.165, 1.54) is 30.7 Å². The fourth-order valence-electron chi connectivity index (χ4n) is 1.64. The Hall–Kier alpha value is -2.55. The predicted octanol–water partition coefficient (Wildman–Crippen LogP) is 0.984. The molecule has 0 aliphatic rings. The van der Waals surface area contributed by atoms with Crippen molar-refractivity contribution in [1.29, 1.82) is 0 Å². The number of carboxylic acids is 1. The molecule has 0 radical (unpaired) electrons. The Morgan fingerprint density at radius 3 is 2.71 bits per heavy atom. The first kappa shape index (κ1) is 14.9. The summed E-state index contributed by atoms with van der Waals surface area (Å²) in [5.41, 5.74) is 5.76. The summed E-state index contributed by atoms with van der Waals surface area (Å²) in [5.74, 6) is -1.14. The van der Waals surface area contributed by atoms with Crippen LogP contribution in [0.5, 0.6) is 0 Å². The summed E-state index contributed by atoms with van der Waals surface area (Å²) in [7, 11) is -3.87. The van der Waals surface area contributed by atoms with Crippen molar-refractivity contribution in [2.45, 2.75) is 18.5 Å². The SMILES string of the molecule is CCn1cnc(S(=O)(=O)Nc2ccc(C(=O)O)cc2N)c1. The highest BCUT2D eigenvalue weighted by atomic mass is 32.2. The van der Waals surface area contributed by atoms with Gasteiger partial charge in [-0.15, -0.1) is 0 Å². The molecule has 1 aromatic heterocycles. The van der Waals surface area contributed by atoms with Crippen LogP contribution in [0.25, 0.3) is 0 Å². The van der Waals surface area contributed by atoms with E-state index >= 15 is 0 Å². The number of rotatable bonds is 5. The normalized spacial score (nSPS) is 11.3. The summed E-state index contributed by atoms with van der Waals surface area (Å²) in [6.07, 6.45) is 2.80. The van der Waals surface area contributed by atoms with Crippen molar-refractivity contribution >= 4 is 27.4 Å². The number of nitrogens with two attached hydrogens (primary N) is 1. The number of nitrogens with zero attached hydrogens (tertiary/aromatic N) is 2. The van der Waals surface area contributed by atoms with Gasteiger partial charge in [-0.1, -0.05) is 0 Å². The first-order valence-electron chi connectivity index (χ1n) is 6.01. The van der Waals surface area contributed by atoms with Crippen LogP contribution >= 0.6 is 0 Å². The van der Waals surface area contributed by atoms with Crippen molar-refractivity contribution in [3.05, 3.63) is 36.3 Å². The van der Waals surface area contributed by atoms with Crippen LogP contribution in [0.3, 0.4) is 0 Å². The number of aromatic carboxylic acids is 1. The van der Waals surface area contributed by atoms with Crippen LogP contribution in [-0.2, 0) is 16.6 Å². The standard InChI is InChI=1S/C12H14N4O4S/c1-2-16-6-11(14-7-16)21(19,20)15-10-4-3-8(12(17)18)5-9(10)13/h3-7,15H,2,13H2,1H3,(H,17,18). The van der Waals surface area contributed by atoms with Crippen molar-refractivity contribution in [1.82, 2.24) is 9.55 Å². The van der Waals surface area contributed by atoms with Gasteiger partial charge in [0.25, 0.3) is 10.0 Å². The molecule has 0 amide bonds.